The van der Waals surface area contributed by atoms with Crippen molar-refractivity contribution in [3.8, 4) is 0 Å². The molecule has 3 heterocycles. The standard InChI is InChI=1S/C18H23N5O2/c1-22(2)16-8-4-7-14(19-16)15-11-23(9-10-25-15)18(24)17-12-5-3-6-13(12)20-21-17/h4,7-8,15H,3,5-6,9-11H2,1-2H3,(H,20,21)/t15-/m0/s1. The Morgan fingerprint density at radius 2 is 2.24 bits per heavy atom. The summed E-state index contributed by atoms with van der Waals surface area (Å²) in [6.45, 7) is 1.60. The number of aromatic nitrogens is 3. The van der Waals surface area contributed by atoms with Gasteiger partial charge in [-0.2, -0.15) is 5.10 Å². The van der Waals surface area contributed by atoms with Crippen molar-refractivity contribution < 1.29 is 9.53 Å². The zero-order chi connectivity index (χ0) is 17.4. The number of morpholine rings is 1. The first-order chi connectivity index (χ1) is 12.1. The van der Waals surface area contributed by atoms with Crippen molar-refractivity contribution in [2.24, 2.45) is 0 Å². The molecular formula is C18H23N5O2. The Labute approximate surface area is 147 Å². The Bertz CT molecular complexity index is 786. The van der Waals surface area contributed by atoms with Crippen LogP contribution in [0.3, 0.4) is 0 Å². The highest BCUT2D eigenvalue weighted by atomic mass is 16.5. The van der Waals surface area contributed by atoms with Gasteiger partial charge in [-0.15, -0.1) is 0 Å². The number of H-pyrrole nitrogens is 1. The number of amides is 1. The molecule has 0 unspecified atom stereocenters. The molecule has 0 bridgehead atoms. The number of aryl methyl sites for hydroxylation is 1. The van der Waals surface area contributed by atoms with E-state index in [0.717, 1.165) is 42.0 Å². The monoisotopic (exact) mass is 341 g/mol. The normalized spacial score (nSPS) is 19.8. The van der Waals surface area contributed by atoms with Crippen LogP contribution in [0.15, 0.2) is 18.2 Å². The van der Waals surface area contributed by atoms with Crippen LogP contribution >= 0.6 is 0 Å². The minimum Gasteiger partial charge on any atom is -0.368 e. The average Bonchev–Trinajstić information content (AvgIpc) is 3.25. The molecule has 4 rings (SSSR count). The van der Waals surface area contributed by atoms with Gasteiger partial charge in [0.05, 0.1) is 18.8 Å². The van der Waals surface area contributed by atoms with Crippen LogP contribution in [0.4, 0.5) is 5.82 Å². The van der Waals surface area contributed by atoms with Gasteiger partial charge in [0.2, 0.25) is 0 Å². The van der Waals surface area contributed by atoms with E-state index in [4.69, 9.17) is 4.74 Å². The van der Waals surface area contributed by atoms with Crippen LogP contribution < -0.4 is 4.90 Å². The van der Waals surface area contributed by atoms with Gasteiger partial charge in [-0.3, -0.25) is 9.89 Å². The summed E-state index contributed by atoms with van der Waals surface area (Å²) in [4.78, 5) is 21.4. The maximum absolute atomic E-state index is 12.9. The lowest BCUT2D eigenvalue weighted by Gasteiger charge is -2.32. The summed E-state index contributed by atoms with van der Waals surface area (Å²) >= 11 is 0. The highest BCUT2D eigenvalue weighted by molar-refractivity contribution is 5.94. The fourth-order valence-corrected chi connectivity index (χ4v) is 3.53. The third-order valence-electron chi connectivity index (χ3n) is 4.91. The molecule has 0 radical (unpaired) electrons. The molecule has 1 N–H and O–H groups in total. The van der Waals surface area contributed by atoms with Crippen molar-refractivity contribution >= 4 is 11.7 Å². The number of anilines is 1. The Morgan fingerprint density at radius 3 is 3.08 bits per heavy atom. The summed E-state index contributed by atoms with van der Waals surface area (Å²) in [6, 6.07) is 5.89. The molecule has 2 aliphatic rings. The second-order valence-corrected chi connectivity index (χ2v) is 6.81. The lowest BCUT2D eigenvalue weighted by molar-refractivity contribution is -0.0249. The van der Waals surface area contributed by atoms with Gasteiger partial charge in [0.25, 0.3) is 5.91 Å². The first-order valence-electron chi connectivity index (χ1n) is 8.75. The average molecular weight is 341 g/mol. The van der Waals surface area contributed by atoms with Crippen LogP contribution in [0.5, 0.6) is 0 Å². The van der Waals surface area contributed by atoms with Crippen LogP contribution in [-0.2, 0) is 17.6 Å². The second-order valence-electron chi connectivity index (χ2n) is 6.81. The van der Waals surface area contributed by atoms with E-state index in [2.05, 4.69) is 15.2 Å². The van der Waals surface area contributed by atoms with E-state index in [-0.39, 0.29) is 12.0 Å². The van der Waals surface area contributed by atoms with Gasteiger partial charge >= 0.3 is 0 Å². The van der Waals surface area contributed by atoms with Crippen molar-refractivity contribution in [2.75, 3.05) is 38.7 Å². The first-order valence-corrected chi connectivity index (χ1v) is 8.75. The number of pyridine rings is 1. The number of nitrogens with one attached hydrogen (secondary N) is 1. The Hall–Kier alpha value is -2.41. The van der Waals surface area contributed by atoms with E-state index in [9.17, 15) is 4.79 Å². The molecule has 0 aromatic carbocycles. The van der Waals surface area contributed by atoms with Gasteiger partial charge in [-0.25, -0.2) is 4.98 Å². The lowest BCUT2D eigenvalue weighted by Crippen LogP contribution is -2.43. The highest BCUT2D eigenvalue weighted by Gasteiger charge is 2.31. The molecule has 0 spiro atoms. The number of hydrogen-bond donors (Lipinski definition) is 1. The molecule has 25 heavy (non-hydrogen) atoms. The van der Waals surface area contributed by atoms with Crippen LogP contribution in [0, 0.1) is 0 Å². The van der Waals surface area contributed by atoms with Crippen LogP contribution in [0.1, 0.15) is 40.0 Å². The van der Waals surface area contributed by atoms with E-state index < -0.39 is 0 Å². The zero-order valence-electron chi connectivity index (χ0n) is 14.7. The van der Waals surface area contributed by atoms with E-state index in [0.29, 0.717) is 25.4 Å². The van der Waals surface area contributed by atoms with E-state index in [1.54, 1.807) is 0 Å². The number of rotatable bonds is 3. The third-order valence-corrected chi connectivity index (χ3v) is 4.91. The molecule has 132 valence electrons. The van der Waals surface area contributed by atoms with E-state index in [1.165, 1.54) is 0 Å². The summed E-state index contributed by atoms with van der Waals surface area (Å²) in [7, 11) is 3.92. The Balaban J connectivity index is 1.53. The summed E-state index contributed by atoms with van der Waals surface area (Å²) in [5.74, 6) is 0.881. The molecule has 7 nitrogen and oxygen atoms in total. The SMILES string of the molecule is CN(C)c1cccc([C@@H]2CN(C(=O)c3n[nH]c4c3CCC4)CCO2)n1. The molecule has 1 saturated heterocycles. The predicted molar refractivity (Wildman–Crippen MR) is 93.8 cm³/mol. The number of aromatic amines is 1. The largest absolute Gasteiger partial charge is 0.368 e. The maximum Gasteiger partial charge on any atom is 0.274 e. The third kappa shape index (κ3) is 3.00. The number of ether oxygens (including phenoxy) is 1. The molecule has 1 aliphatic heterocycles. The maximum atomic E-state index is 12.9. The van der Waals surface area contributed by atoms with Gasteiger partial charge in [-0.05, 0) is 31.4 Å². The smallest absolute Gasteiger partial charge is 0.274 e. The summed E-state index contributed by atoms with van der Waals surface area (Å²) in [5, 5.41) is 7.29. The van der Waals surface area contributed by atoms with Gasteiger partial charge in [0.1, 0.15) is 11.9 Å². The molecule has 2 aromatic heterocycles. The minimum absolute atomic E-state index is 0.00327. The topological polar surface area (TPSA) is 74.3 Å². The first kappa shape index (κ1) is 16.1. The number of hydrogen-bond acceptors (Lipinski definition) is 5. The van der Waals surface area contributed by atoms with Gasteiger partial charge < -0.3 is 14.5 Å². The lowest BCUT2D eigenvalue weighted by atomic mass is 10.1. The number of fused-ring (bicyclic) bond motifs is 1. The van der Waals surface area contributed by atoms with Crippen molar-refractivity contribution in [3.63, 3.8) is 0 Å². The molecule has 2 aromatic rings. The van der Waals surface area contributed by atoms with Crippen molar-refractivity contribution in [2.45, 2.75) is 25.4 Å². The summed E-state index contributed by atoms with van der Waals surface area (Å²) in [5.41, 5.74) is 3.66. The fraction of sp³-hybridized carbons (Fsp3) is 0.500. The molecule has 1 atom stereocenters. The van der Waals surface area contributed by atoms with Gasteiger partial charge in [0, 0.05) is 31.9 Å². The van der Waals surface area contributed by atoms with Crippen LogP contribution in [0.2, 0.25) is 0 Å². The quantitative estimate of drug-likeness (QED) is 0.917. The van der Waals surface area contributed by atoms with E-state index >= 15 is 0 Å². The Morgan fingerprint density at radius 1 is 1.36 bits per heavy atom. The van der Waals surface area contributed by atoms with Crippen molar-refractivity contribution in [3.05, 3.63) is 40.8 Å². The zero-order valence-corrected chi connectivity index (χ0v) is 14.7. The van der Waals surface area contributed by atoms with Gasteiger partial charge in [0.15, 0.2) is 5.69 Å². The summed E-state index contributed by atoms with van der Waals surface area (Å²) in [6.07, 6.45) is 2.82. The fourth-order valence-electron chi connectivity index (χ4n) is 3.53. The van der Waals surface area contributed by atoms with Gasteiger partial charge in [-0.1, -0.05) is 6.07 Å². The minimum atomic E-state index is -0.204. The molecule has 1 fully saturated rings. The molecule has 1 amide bonds. The number of carbonyl (C=O) groups is 1. The van der Waals surface area contributed by atoms with E-state index in [1.807, 2.05) is 42.1 Å². The van der Waals surface area contributed by atoms with Crippen LogP contribution in [-0.4, -0.2) is 59.8 Å². The predicted octanol–water partition coefficient (Wildman–Crippen LogP) is 1.57. The molecule has 1 aliphatic carbocycles. The molecule has 0 saturated carbocycles. The summed E-state index contributed by atoms with van der Waals surface area (Å²) < 4.78 is 5.89. The van der Waals surface area contributed by atoms with Crippen molar-refractivity contribution in [1.29, 1.82) is 0 Å². The highest BCUT2D eigenvalue weighted by Crippen LogP contribution is 2.27. The van der Waals surface area contributed by atoms with Crippen LogP contribution in [0.25, 0.3) is 0 Å². The molecule has 7 heteroatoms. The Kier molecular flexibility index (Phi) is 4.17. The number of nitrogens with zero attached hydrogens (tertiary/aromatic N) is 4. The second kappa shape index (κ2) is 6.48. The van der Waals surface area contributed by atoms with Crippen molar-refractivity contribution in [1.82, 2.24) is 20.1 Å². The molecular weight excluding hydrogens is 318 g/mol. The number of carbonyl (C=O) groups excluding carboxylic acids is 1.